The summed E-state index contributed by atoms with van der Waals surface area (Å²) in [6.07, 6.45) is 1.80. The van der Waals surface area contributed by atoms with Crippen molar-refractivity contribution in [3.8, 4) is 11.1 Å². The lowest BCUT2D eigenvalue weighted by Crippen LogP contribution is -2.30. The minimum atomic E-state index is -0.137. The molecule has 0 aliphatic carbocycles. The minimum Gasteiger partial charge on any atom is -0.438 e. The van der Waals surface area contributed by atoms with E-state index in [-0.39, 0.29) is 11.9 Å². The fourth-order valence-electron chi connectivity index (χ4n) is 4.65. The summed E-state index contributed by atoms with van der Waals surface area (Å²) in [6.45, 7) is 0.713. The Hall–Kier alpha value is -3.92. The molecule has 0 spiro atoms. The van der Waals surface area contributed by atoms with Gasteiger partial charge in [0.2, 0.25) is 5.89 Å². The van der Waals surface area contributed by atoms with E-state index in [1.54, 1.807) is 0 Å². The first-order chi connectivity index (χ1) is 15.8. The monoisotopic (exact) mass is 418 g/mol. The number of amides is 1. The zero-order chi connectivity index (χ0) is 21.5. The number of carbonyl (C=O) groups is 1. The Morgan fingerprint density at radius 3 is 2.53 bits per heavy atom. The molecule has 5 aromatic rings. The Morgan fingerprint density at radius 1 is 0.844 bits per heavy atom. The Bertz CT molecular complexity index is 1440. The predicted molar refractivity (Wildman–Crippen MR) is 126 cm³/mol. The van der Waals surface area contributed by atoms with Gasteiger partial charge in [-0.25, -0.2) is 4.98 Å². The molecular weight excluding hydrogens is 396 g/mol. The molecule has 1 fully saturated rings. The first-order valence-corrected chi connectivity index (χ1v) is 11.0. The first-order valence-electron chi connectivity index (χ1n) is 11.0. The van der Waals surface area contributed by atoms with Gasteiger partial charge in [0.05, 0.1) is 0 Å². The van der Waals surface area contributed by atoms with Crippen molar-refractivity contribution in [3.05, 3.63) is 102 Å². The van der Waals surface area contributed by atoms with E-state index in [1.807, 2.05) is 65.6 Å². The van der Waals surface area contributed by atoms with Crippen molar-refractivity contribution in [3.63, 3.8) is 0 Å². The lowest BCUT2D eigenvalue weighted by atomic mass is 10.1. The molecule has 1 atom stereocenters. The molecule has 156 valence electrons. The number of aromatic nitrogens is 1. The average Bonchev–Trinajstić information content (AvgIpc) is 3.50. The molecule has 32 heavy (non-hydrogen) atoms. The molecule has 4 heteroatoms. The third-order valence-corrected chi connectivity index (χ3v) is 6.31. The lowest BCUT2D eigenvalue weighted by molar-refractivity contribution is 0.0717. The minimum absolute atomic E-state index is 0.0329. The summed E-state index contributed by atoms with van der Waals surface area (Å²) in [5.74, 6) is 0.655. The molecule has 1 amide bonds. The predicted octanol–water partition coefficient (Wildman–Crippen LogP) is 6.63. The summed E-state index contributed by atoms with van der Waals surface area (Å²) in [6, 6.07) is 30.2. The summed E-state index contributed by atoms with van der Waals surface area (Å²) in [5, 5.41) is 2.21. The van der Waals surface area contributed by atoms with E-state index >= 15 is 0 Å². The number of oxazole rings is 1. The molecule has 0 saturated carbocycles. The van der Waals surface area contributed by atoms with Crippen molar-refractivity contribution in [2.75, 3.05) is 6.54 Å². The number of nitrogens with zero attached hydrogens (tertiary/aromatic N) is 2. The molecular formula is C28H22N2O2. The van der Waals surface area contributed by atoms with Crippen LogP contribution in [0.1, 0.15) is 35.1 Å². The Morgan fingerprint density at radius 2 is 1.66 bits per heavy atom. The highest BCUT2D eigenvalue weighted by Gasteiger charge is 2.34. The second-order valence-corrected chi connectivity index (χ2v) is 8.32. The Kier molecular flexibility index (Phi) is 4.50. The van der Waals surface area contributed by atoms with Crippen LogP contribution in [-0.2, 0) is 0 Å². The molecule has 4 aromatic carbocycles. The van der Waals surface area contributed by atoms with E-state index in [0.29, 0.717) is 18.0 Å². The molecule has 1 aliphatic heterocycles. The van der Waals surface area contributed by atoms with Gasteiger partial charge >= 0.3 is 0 Å². The van der Waals surface area contributed by atoms with Crippen LogP contribution in [-0.4, -0.2) is 22.3 Å². The molecule has 0 N–H and O–H groups in total. The molecule has 1 saturated heterocycles. The highest BCUT2D eigenvalue weighted by atomic mass is 16.3. The van der Waals surface area contributed by atoms with Crippen molar-refractivity contribution in [2.24, 2.45) is 0 Å². The number of rotatable bonds is 3. The smallest absolute Gasteiger partial charge is 0.254 e. The maximum atomic E-state index is 13.4. The fraction of sp³-hybridized carbons (Fsp3) is 0.143. The molecule has 1 aromatic heterocycles. The van der Waals surface area contributed by atoms with Gasteiger partial charge in [0.15, 0.2) is 5.58 Å². The summed E-state index contributed by atoms with van der Waals surface area (Å²) in [5.41, 5.74) is 4.54. The topological polar surface area (TPSA) is 46.3 Å². The molecule has 0 bridgehead atoms. The zero-order valence-electron chi connectivity index (χ0n) is 17.6. The van der Waals surface area contributed by atoms with Crippen LogP contribution in [0.5, 0.6) is 0 Å². The summed E-state index contributed by atoms with van der Waals surface area (Å²) >= 11 is 0. The number of fused-ring (bicyclic) bond motifs is 2. The number of hydrogen-bond donors (Lipinski definition) is 0. The number of likely N-dealkylation sites (tertiary alicyclic amines) is 1. The standard InChI is InChI=1S/C28H22N2O2/c31-28(23-13-12-20-9-4-5-10-21(20)17-23)30-16-6-11-25(30)27-29-24-18-22(14-15-26(24)32-27)19-7-2-1-3-8-19/h1-5,7-10,12-15,17-18,25H,6,11,16H2/t25-/m0/s1. The molecule has 0 radical (unpaired) electrons. The number of hydrogen-bond acceptors (Lipinski definition) is 3. The van der Waals surface area contributed by atoms with Crippen molar-refractivity contribution >= 4 is 27.8 Å². The Labute approximate surface area is 186 Å². The molecule has 2 heterocycles. The third kappa shape index (κ3) is 3.25. The van der Waals surface area contributed by atoms with Crippen molar-refractivity contribution in [2.45, 2.75) is 18.9 Å². The second kappa shape index (κ2) is 7.65. The van der Waals surface area contributed by atoms with Gasteiger partial charge in [0, 0.05) is 12.1 Å². The van der Waals surface area contributed by atoms with Gasteiger partial charge in [-0.05, 0) is 59.0 Å². The van der Waals surface area contributed by atoms with Gasteiger partial charge in [-0.1, -0.05) is 66.7 Å². The third-order valence-electron chi connectivity index (χ3n) is 6.31. The zero-order valence-corrected chi connectivity index (χ0v) is 17.6. The highest BCUT2D eigenvalue weighted by molar-refractivity contribution is 5.99. The molecule has 0 unspecified atom stereocenters. The quantitative estimate of drug-likeness (QED) is 0.330. The van der Waals surface area contributed by atoms with Crippen LogP contribution in [0.4, 0.5) is 0 Å². The van der Waals surface area contributed by atoms with Crippen LogP contribution in [0, 0.1) is 0 Å². The maximum Gasteiger partial charge on any atom is 0.254 e. The van der Waals surface area contributed by atoms with E-state index in [9.17, 15) is 4.79 Å². The highest BCUT2D eigenvalue weighted by Crippen LogP contribution is 2.35. The van der Waals surface area contributed by atoms with E-state index in [0.717, 1.165) is 45.8 Å². The number of carbonyl (C=O) groups excluding carboxylic acids is 1. The largest absolute Gasteiger partial charge is 0.438 e. The van der Waals surface area contributed by atoms with Gasteiger partial charge in [-0.3, -0.25) is 4.79 Å². The molecule has 1 aliphatic rings. The van der Waals surface area contributed by atoms with Crippen LogP contribution < -0.4 is 0 Å². The van der Waals surface area contributed by atoms with Crippen molar-refractivity contribution < 1.29 is 9.21 Å². The lowest BCUT2D eigenvalue weighted by Gasteiger charge is -2.22. The van der Waals surface area contributed by atoms with Gasteiger partial charge in [-0.15, -0.1) is 0 Å². The van der Waals surface area contributed by atoms with Gasteiger partial charge < -0.3 is 9.32 Å². The summed E-state index contributed by atoms with van der Waals surface area (Å²) in [7, 11) is 0. The van der Waals surface area contributed by atoms with Crippen LogP contribution in [0.2, 0.25) is 0 Å². The van der Waals surface area contributed by atoms with Gasteiger partial charge in [0.25, 0.3) is 5.91 Å². The van der Waals surface area contributed by atoms with Crippen LogP contribution in [0.3, 0.4) is 0 Å². The van der Waals surface area contributed by atoms with Crippen LogP contribution in [0.15, 0.2) is 95.4 Å². The second-order valence-electron chi connectivity index (χ2n) is 8.32. The fourth-order valence-corrected chi connectivity index (χ4v) is 4.65. The van der Waals surface area contributed by atoms with E-state index < -0.39 is 0 Å². The van der Waals surface area contributed by atoms with Crippen molar-refractivity contribution in [1.82, 2.24) is 9.88 Å². The van der Waals surface area contributed by atoms with E-state index in [1.165, 1.54) is 0 Å². The summed E-state index contributed by atoms with van der Waals surface area (Å²) in [4.78, 5) is 20.1. The van der Waals surface area contributed by atoms with E-state index in [4.69, 9.17) is 9.40 Å². The molecule has 6 rings (SSSR count). The van der Waals surface area contributed by atoms with Gasteiger partial charge in [-0.2, -0.15) is 0 Å². The molecule has 4 nitrogen and oxygen atoms in total. The van der Waals surface area contributed by atoms with Gasteiger partial charge in [0.1, 0.15) is 11.6 Å². The van der Waals surface area contributed by atoms with Crippen molar-refractivity contribution in [1.29, 1.82) is 0 Å². The first kappa shape index (κ1) is 18.8. The Balaban J connectivity index is 1.32. The van der Waals surface area contributed by atoms with Crippen LogP contribution >= 0.6 is 0 Å². The summed E-state index contributed by atoms with van der Waals surface area (Å²) < 4.78 is 6.12. The maximum absolute atomic E-state index is 13.4. The SMILES string of the molecule is O=C(c1ccc2ccccc2c1)N1CCC[C@H]1c1nc2cc(-c3ccccc3)ccc2o1. The van der Waals surface area contributed by atoms with E-state index in [2.05, 4.69) is 30.3 Å². The number of benzene rings is 4. The average molecular weight is 418 g/mol. The van der Waals surface area contributed by atoms with Crippen LogP contribution in [0.25, 0.3) is 33.0 Å². The normalized spacial score (nSPS) is 16.1.